The molecule has 0 radical (unpaired) electrons. The number of carbonyl (C=O) groups is 1. The minimum Gasteiger partial charge on any atom is -0.309 e. The lowest BCUT2D eigenvalue weighted by atomic mass is 10.1. The highest BCUT2D eigenvalue weighted by molar-refractivity contribution is 7.89. The van der Waals surface area contributed by atoms with Crippen molar-refractivity contribution >= 4 is 21.6 Å². The van der Waals surface area contributed by atoms with Crippen LogP contribution in [0.3, 0.4) is 0 Å². The number of hydrogen-bond acceptors (Lipinski definition) is 4. The molecule has 6 nitrogen and oxygen atoms in total. The fourth-order valence-corrected chi connectivity index (χ4v) is 6.17. The number of likely N-dealkylation sites (N-methyl/N-ethyl adjacent to an activating group) is 1. The standard InChI is InChI=1S/C22H27N3O3S/c1-16-13-19-14-20(9-10-21(19)25(16)17(2)26)29(27,28)24-12-11-23(3)15-22(24)18-7-5-4-6-8-18/h4-10,14,16,22H,11-13,15H2,1-3H3. The smallest absolute Gasteiger partial charge is 0.243 e. The molecule has 0 N–H and O–H groups in total. The molecule has 29 heavy (non-hydrogen) atoms. The number of piperazine rings is 1. The number of carbonyl (C=O) groups excluding carboxylic acids is 1. The molecule has 0 bridgehead atoms. The van der Waals surface area contributed by atoms with Gasteiger partial charge in [-0.05, 0) is 49.7 Å². The molecule has 1 amide bonds. The van der Waals surface area contributed by atoms with E-state index in [1.807, 2.05) is 44.3 Å². The Balaban J connectivity index is 1.71. The van der Waals surface area contributed by atoms with E-state index in [9.17, 15) is 13.2 Å². The first kappa shape index (κ1) is 20.1. The van der Waals surface area contributed by atoms with Crippen molar-refractivity contribution in [3.05, 3.63) is 59.7 Å². The van der Waals surface area contributed by atoms with E-state index in [1.165, 1.54) is 0 Å². The lowest BCUT2D eigenvalue weighted by Crippen LogP contribution is -2.49. The fourth-order valence-electron chi connectivity index (χ4n) is 4.52. The third kappa shape index (κ3) is 3.58. The van der Waals surface area contributed by atoms with Gasteiger partial charge in [-0.25, -0.2) is 8.42 Å². The first-order valence-electron chi connectivity index (χ1n) is 9.97. The molecule has 0 spiro atoms. The van der Waals surface area contributed by atoms with E-state index in [4.69, 9.17) is 0 Å². The Morgan fingerprint density at radius 1 is 1.07 bits per heavy atom. The minimum absolute atomic E-state index is 0.0185. The van der Waals surface area contributed by atoms with E-state index < -0.39 is 10.0 Å². The van der Waals surface area contributed by atoms with Gasteiger partial charge in [0.1, 0.15) is 0 Å². The summed E-state index contributed by atoms with van der Waals surface area (Å²) in [5.74, 6) is -0.0185. The number of rotatable bonds is 3. The summed E-state index contributed by atoms with van der Waals surface area (Å²) in [5.41, 5.74) is 2.74. The normalized spacial score (nSPS) is 23.2. The second kappa shape index (κ2) is 7.55. The highest BCUT2D eigenvalue weighted by atomic mass is 32.2. The second-order valence-electron chi connectivity index (χ2n) is 8.04. The molecule has 2 heterocycles. The molecule has 0 aliphatic carbocycles. The van der Waals surface area contributed by atoms with Gasteiger partial charge < -0.3 is 9.80 Å². The first-order chi connectivity index (χ1) is 13.8. The highest BCUT2D eigenvalue weighted by Gasteiger charge is 2.37. The number of sulfonamides is 1. The minimum atomic E-state index is -3.66. The van der Waals surface area contributed by atoms with Crippen molar-refractivity contribution in [3.8, 4) is 0 Å². The number of amides is 1. The third-order valence-corrected chi connectivity index (χ3v) is 7.84. The largest absolute Gasteiger partial charge is 0.309 e. The van der Waals surface area contributed by atoms with Crippen LogP contribution in [0, 0.1) is 0 Å². The number of anilines is 1. The Morgan fingerprint density at radius 3 is 2.48 bits per heavy atom. The van der Waals surface area contributed by atoms with Crippen LogP contribution in [-0.2, 0) is 21.2 Å². The van der Waals surface area contributed by atoms with Gasteiger partial charge in [-0.1, -0.05) is 30.3 Å². The summed E-state index contributed by atoms with van der Waals surface area (Å²) in [6.45, 7) is 5.34. The topological polar surface area (TPSA) is 60.9 Å². The zero-order chi connectivity index (χ0) is 20.8. The lowest BCUT2D eigenvalue weighted by molar-refractivity contribution is -0.116. The van der Waals surface area contributed by atoms with Crippen molar-refractivity contribution in [2.45, 2.75) is 37.2 Å². The molecular formula is C22H27N3O3S. The molecule has 1 fully saturated rings. The van der Waals surface area contributed by atoms with Crippen LogP contribution < -0.4 is 4.90 Å². The van der Waals surface area contributed by atoms with E-state index in [-0.39, 0.29) is 18.0 Å². The molecule has 2 aromatic carbocycles. The molecule has 1 saturated heterocycles. The van der Waals surface area contributed by atoms with Gasteiger partial charge >= 0.3 is 0 Å². The van der Waals surface area contributed by atoms with Gasteiger partial charge in [0, 0.05) is 38.3 Å². The number of fused-ring (bicyclic) bond motifs is 1. The van der Waals surface area contributed by atoms with Crippen LogP contribution in [0.15, 0.2) is 53.4 Å². The van der Waals surface area contributed by atoms with Crippen LogP contribution in [0.4, 0.5) is 5.69 Å². The molecule has 154 valence electrons. The molecule has 0 saturated carbocycles. The summed E-state index contributed by atoms with van der Waals surface area (Å²) in [4.78, 5) is 16.2. The highest BCUT2D eigenvalue weighted by Crippen LogP contribution is 2.36. The van der Waals surface area contributed by atoms with Gasteiger partial charge in [-0.3, -0.25) is 4.79 Å². The first-order valence-corrected chi connectivity index (χ1v) is 11.4. The second-order valence-corrected chi connectivity index (χ2v) is 9.93. The number of hydrogen-bond donors (Lipinski definition) is 0. The zero-order valence-electron chi connectivity index (χ0n) is 17.1. The zero-order valence-corrected chi connectivity index (χ0v) is 17.9. The Kier molecular flexibility index (Phi) is 5.23. The average molecular weight is 414 g/mol. The van der Waals surface area contributed by atoms with E-state index in [2.05, 4.69) is 4.90 Å². The summed E-state index contributed by atoms with van der Waals surface area (Å²) < 4.78 is 28.8. The molecule has 2 aromatic rings. The molecule has 2 unspecified atom stereocenters. The van der Waals surface area contributed by atoms with E-state index in [1.54, 1.807) is 34.3 Å². The maximum Gasteiger partial charge on any atom is 0.243 e. The fraction of sp³-hybridized carbons (Fsp3) is 0.409. The van der Waals surface area contributed by atoms with Crippen LogP contribution in [0.1, 0.15) is 31.0 Å². The van der Waals surface area contributed by atoms with Gasteiger partial charge in [0.25, 0.3) is 0 Å². The maximum atomic E-state index is 13.6. The molecule has 2 aliphatic rings. The van der Waals surface area contributed by atoms with E-state index >= 15 is 0 Å². The van der Waals surface area contributed by atoms with Crippen LogP contribution in [0.5, 0.6) is 0 Å². The van der Waals surface area contributed by atoms with Crippen molar-refractivity contribution in [2.75, 3.05) is 31.6 Å². The lowest BCUT2D eigenvalue weighted by Gasteiger charge is -2.39. The summed E-state index contributed by atoms with van der Waals surface area (Å²) in [6.07, 6.45) is 0.670. The van der Waals surface area contributed by atoms with Crippen molar-refractivity contribution in [1.29, 1.82) is 0 Å². The van der Waals surface area contributed by atoms with Crippen LogP contribution in [0.2, 0.25) is 0 Å². The van der Waals surface area contributed by atoms with Gasteiger partial charge in [0.15, 0.2) is 0 Å². The quantitative estimate of drug-likeness (QED) is 0.776. The van der Waals surface area contributed by atoms with Crippen molar-refractivity contribution in [3.63, 3.8) is 0 Å². The van der Waals surface area contributed by atoms with Gasteiger partial charge in [0.2, 0.25) is 15.9 Å². The Morgan fingerprint density at radius 2 is 1.79 bits per heavy atom. The van der Waals surface area contributed by atoms with Gasteiger partial charge in [-0.15, -0.1) is 0 Å². The predicted octanol–water partition coefficient (Wildman–Crippen LogP) is 2.66. The third-order valence-electron chi connectivity index (χ3n) is 5.93. The van der Waals surface area contributed by atoms with Crippen LogP contribution in [0.25, 0.3) is 0 Å². The Bertz CT molecular complexity index is 1020. The molecule has 2 aliphatic heterocycles. The number of nitrogens with zero attached hydrogens (tertiary/aromatic N) is 3. The molecule has 7 heteroatoms. The van der Waals surface area contributed by atoms with Crippen LogP contribution in [-0.4, -0.2) is 56.3 Å². The Labute approximate surface area is 172 Å². The predicted molar refractivity (Wildman–Crippen MR) is 113 cm³/mol. The summed E-state index contributed by atoms with van der Waals surface area (Å²) in [5, 5.41) is 0. The van der Waals surface area contributed by atoms with Gasteiger partial charge in [-0.2, -0.15) is 4.31 Å². The Hall–Kier alpha value is -2.22. The molecular weight excluding hydrogens is 386 g/mol. The average Bonchev–Trinajstić information content (AvgIpc) is 3.03. The summed E-state index contributed by atoms with van der Waals surface area (Å²) >= 11 is 0. The monoisotopic (exact) mass is 413 g/mol. The molecule has 2 atom stereocenters. The molecule has 0 aromatic heterocycles. The van der Waals surface area contributed by atoms with Crippen molar-refractivity contribution in [1.82, 2.24) is 9.21 Å². The van der Waals surface area contributed by atoms with Crippen molar-refractivity contribution < 1.29 is 13.2 Å². The number of benzene rings is 2. The maximum absolute atomic E-state index is 13.6. The molecule has 4 rings (SSSR count). The van der Waals surface area contributed by atoms with Gasteiger partial charge in [0.05, 0.1) is 10.9 Å². The SMILES string of the molecule is CC(=O)N1c2ccc(S(=O)(=O)N3CCN(C)CC3c3ccccc3)cc2CC1C. The van der Waals surface area contributed by atoms with Crippen LogP contribution >= 0.6 is 0 Å². The summed E-state index contributed by atoms with van der Waals surface area (Å²) in [7, 11) is -1.64. The summed E-state index contributed by atoms with van der Waals surface area (Å²) in [6, 6.07) is 14.8. The van der Waals surface area contributed by atoms with E-state index in [0.29, 0.717) is 31.0 Å². The van der Waals surface area contributed by atoms with Crippen molar-refractivity contribution in [2.24, 2.45) is 0 Å². The van der Waals surface area contributed by atoms with E-state index in [0.717, 1.165) is 16.8 Å².